The second-order valence-electron chi connectivity index (χ2n) is 7.16. The predicted molar refractivity (Wildman–Crippen MR) is 112 cm³/mol. The first-order valence-corrected chi connectivity index (χ1v) is 10.1. The summed E-state index contributed by atoms with van der Waals surface area (Å²) in [5.74, 6) is -0.703. The highest BCUT2D eigenvalue weighted by Crippen LogP contribution is 2.40. The highest BCUT2D eigenvalue weighted by molar-refractivity contribution is 6.49. The van der Waals surface area contributed by atoms with E-state index in [1.54, 1.807) is 18.2 Å². The predicted octanol–water partition coefficient (Wildman–Crippen LogP) is 5.07. The average molecular weight is 415 g/mol. The van der Waals surface area contributed by atoms with Gasteiger partial charge in [-0.1, -0.05) is 59.1 Å². The summed E-state index contributed by atoms with van der Waals surface area (Å²) >= 11 is 12.5. The van der Waals surface area contributed by atoms with E-state index < -0.39 is 0 Å². The van der Waals surface area contributed by atoms with Crippen LogP contribution in [0.25, 0.3) is 5.57 Å². The molecule has 2 amide bonds. The molecule has 0 aliphatic carbocycles. The van der Waals surface area contributed by atoms with Gasteiger partial charge in [0.1, 0.15) is 5.70 Å². The van der Waals surface area contributed by atoms with E-state index in [2.05, 4.69) is 0 Å². The number of rotatable bonds is 3. The van der Waals surface area contributed by atoms with E-state index in [4.69, 9.17) is 23.2 Å². The second kappa shape index (κ2) is 7.61. The average Bonchev–Trinajstić information content (AvgIpc) is 2.96. The normalized spacial score (nSPS) is 17.7. The number of nitrogens with zero attached hydrogens (tertiary/aromatic N) is 2. The fraction of sp³-hybridized carbons (Fsp3) is 0.273. The number of carbonyl (C=O) groups excluding carboxylic acids is 2. The van der Waals surface area contributed by atoms with Crippen molar-refractivity contribution < 1.29 is 9.59 Å². The summed E-state index contributed by atoms with van der Waals surface area (Å²) in [6, 6.07) is 12.7. The second-order valence-corrected chi connectivity index (χ2v) is 7.94. The molecule has 2 heterocycles. The molecule has 0 bridgehead atoms. The molecule has 28 heavy (non-hydrogen) atoms. The zero-order valence-electron chi connectivity index (χ0n) is 15.5. The van der Waals surface area contributed by atoms with Crippen molar-refractivity contribution in [1.29, 1.82) is 0 Å². The van der Waals surface area contributed by atoms with Gasteiger partial charge in [-0.25, -0.2) is 4.90 Å². The summed E-state index contributed by atoms with van der Waals surface area (Å²) in [5.41, 5.74) is 3.05. The molecule has 0 saturated carbocycles. The third-order valence-electron chi connectivity index (χ3n) is 5.24. The Morgan fingerprint density at radius 1 is 0.857 bits per heavy atom. The molecule has 2 aromatic carbocycles. The molecule has 0 atom stereocenters. The smallest absolute Gasteiger partial charge is 0.282 e. The van der Waals surface area contributed by atoms with Crippen LogP contribution in [0.5, 0.6) is 0 Å². The monoisotopic (exact) mass is 414 g/mol. The molecule has 0 N–H and O–H groups in total. The third kappa shape index (κ3) is 3.21. The molecule has 0 radical (unpaired) electrons. The van der Waals surface area contributed by atoms with Gasteiger partial charge < -0.3 is 4.90 Å². The Bertz CT molecular complexity index is 977. The topological polar surface area (TPSA) is 40.6 Å². The first-order chi connectivity index (χ1) is 13.5. The van der Waals surface area contributed by atoms with Crippen LogP contribution >= 0.6 is 23.2 Å². The van der Waals surface area contributed by atoms with Crippen molar-refractivity contribution in [2.24, 2.45) is 0 Å². The molecular formula is C22H20Cl2N2O2. The number of anilines is 1. The molecule has 144 valence electrons. The fourth-order valence-corrected chi connectivity index (χ4v) is 4.17. The van der Waals surface area contributed by atoms with Crippen LogP contribution in [0.15, 0.2) is 48.2 Å². The molecule has 4 rings (SSSR count). The molecular weight excluding hydrogens is 395 g/mol. The van der Waals surface area contributed by atoms with Crippen LogP contribution in [-0.4, -0.2) is 29.8 Å². The lowest BCUT2D eigenvalue weighted by Crippen LogP contribution is -2.37. The first kappa shape index (κ1) is 19.0. The number of hydrogen-bond acceptors (Lipinski definition) is 3. The number of halogens is 2. The van der Waals surface area contributed by atoms with Gasteiger partial charge in [-0.15, -0.1) is 0 Å². The Labute approximate surface area is 174 Å². The molecule has 2 aromatic rings. The van der Waals surface area contributed by atoms with Crippen molar-refractivity contribution in [2.75, 3.05) is 18.0 Å². The summed E-state index contributed by atoms with van der Waals surface area (Å²) in [6.45, 7) is 3.52. The van der Waals surface area contributed by atoms with Crippen molar-refractivity contribution in [2.45, 2.75) is 26.2 Å². The highest BCUT2D eigenvalue weighted by atomic mass is 35.5. The van der Waals surface area contributed by atoms with E-state index in [0.29, 0.717) is 22.0 Å². The summed E-state index contributed by atoms with van der Waals surface area (Å²) in [4.78, 5) is 30.1. The Balaban J connectivity index is 1.85. The quantitative estimate of drug-likeness (QED) is 0.657. The highest BCUT2D eigenvalue weighted by Gasteiger charge is 2.43. The van der Waals surface area contributed by atoms with Gasteiger partial charge in [0.25, 0.3) is 11.8 Å². The molecule has 0 spiro atoms. The maximum atomic E-state index is 13.4. The van der Waals surface area contributed by atoms with Gasteiger partial charge in [-0.3, -0.25) is 9.59 Å². The van der Waals surface area contributed by atoms with Gasteiger partial charge in [-0.2, -0.15) is 0 Å². The summed E-state index contributed by atoms with van der Waals surface area (Å²) in [5, 5.41) is 0.511. The maximum absolute atomic E-state index is 13.4. The standard InChI is InChI=1S/C22H20Cl2N2O2/c1-14-8-10-15(11-9-14)18-20(25-12-3-2-4-13-25)22(28)26(21(18)27)17-7-5-6-16(23)19(17)24/h5-11H,2-4,12-13H2,1H3. The van der Waals surface area contributed by atoms with Crippen molar-refractivity contribution in [1.82, 2.24) is 4.90 Å². The van der Waals surface area contributed by atoms with Crippen LogP contribution in [0.2, 0.25) is 10.0 Å². The van der Waals surface area contributed by atoms with Gasteiger partial charge in [0.05, 0.1) is 21.3 Å². The van der Waals surface area contributed by atoms with Crippen molar-refractivity contribution in [3.63, 3.8) is 0 Å². The van der Waals surface area contributed by atoms with Gasteiger partial charge in [0.15, 0.2) is 0 Å². The van der Waals surface area contributed by atoms with Crippen molar-refractivity contribution in [3.05, 3.63) is 69.3 Å². The molecule has 1 fully saturated rings. The SMILES string of the molecule is Cc1ccc(C2=C(N3CCCCC3)C(=O)N(c3cccc(Cl)c3Cl)C2=O)cc1. The first-order valence-electron chi connectivity index (χ1n) is 9.38. The van der Waals surface area contributed by atoms with E-state index in [1.807, 2.05) is 36.1 Å². The van der Waals surface area contributed by atoms with Crippen LogP contribution in [0, 0.1) is 6.92 Å². The lowest BCUT2D eigenvalue weighted by Gasteiger charge is -2.29. The number of imide groups is 1. The number of carbonyl (C=O) groups is 2. The van der Waals surface area contributed by atoms with Crippen LogP contribution in [-0.2, 0) is 9.59 Å². The number of benzene rings is 2. The molecule has 4 nitrogen and oxygen atoms in total. The Morgan fingerprint density at radius 2 is 1.54 bits per heavy atom. The molecule has 1 saturated heterocycles. The summed E-state index contributed by atoms with van der Waals surface area (Å²) in [6.07, 6.45) is 3.14. The molecule has 2 aliphatic heterocycles. The third-order valence-corrected chi connectivity index (χ3v) is 6.05. The number of piperidine rings is 1. The molecule has 0 aromatic heterocycles. The Kier molecular flexibility index (Phi) is 5.17. The summed E-state index contributed by atoms with van der Waals surface area (Å²) < 4.78 is 0. The maximum Gasteiger partial charge on any atom is 0.282 e. The van der Waals surface area contributed by atoms with Crippen molar-refractivity contribution >= 4 is 46.3 Å². The minimum absolute atomic E-state index is 0.203. The Hall–Kier alpha value is -2.30. The van der Waals surface area contributed by atoms with E-state index in [9.17, 15) is 9.59 Å². The molecule has 0 unspecified atom stereocenters. The zero-order chi connectivity index (χ0) is 19.8. The number of hydrogen-bond donors (Lipinski definition) is 0. The zero-order valence-corrected chi connectivity index (χ0v) is 17.1. The van der Waals surface area contributed by atoms with Crippen LogP contribution in [0.3, 0.4) is 0 Å². The fourth-order valence-electron chi connectivity index (χ4n) is 3.79. The van der Waals surface area contributed by atoms with Gasteiger partial charge in [0.2, 0.25) is 0 Å². The van der Waals surface area contributed by atoms with Crippen LogP contribution in [0.1, 0.15) is 30.4 Å². The van der Waals surface area contributed by atoms with E-state index in [1.165, 1.54) is 0 Å². The molecule has 6 heteroatoms. The largest absolute Gasteiger partial charge is 0.366 e. The van der Waals surface area contributed by atoms with E-state index in [0.717, 1.165) is 48.4 Å². The van der Waals surface area contributed by atoms with Gasteiger partial charge >= 0.3 is 0 Å². The van der Waals surface area contributed by atoms with E-state index in [-0.39, 0.29) is 16.8 Å². The minimum atomic E-state index is -0.362. The van der Waals surface area contributed by atoms with Gasteiger partial charge in [-0.05, 0) is 43.9 Å². The lowest BCUT2D eigenvalue weighted by atomic mass is 10.0. The number of amides is 2. The van der Waals surface area contributed by atoms with E-state index >= 15 is 0 Å². The van der Waals surface area contributed by atoms with Crippen molar-refractivity contribution in [3.8, 4) is 0 Å². The lowest BCUT2D eigenvalue weighted by molar-refractivity contribution is -0.120. The number of likely N-dealkylation sites (tertiary alicyclic amines) is 1. The minimum Gasteiger partial charge on any atom is -0.366 e. The van der Waals surface area contributed by atoms with Crippen LogP contribution < -0.4 is 4.90 Å². The summed E-state index contributed by atoms with van der Waals surface area (Å²) in [7, 11) is 0. The Morgan fingerprint density at radius 3 is 2.21 bits per heavy atom. The van der Waals surface area contributed by atoms with Crippen LogP contribution in [0.4, 0.5) is 5.69 Å². The van der Waals surface area contributed by atoms with Gasteiger partial charge in [0, 0.05) is 13.1 Å². The molecule has 2 aliphatic rings. The number of aryl methyl sites for hydroxylation is 1.